The van der Waals surface area contributed by atoms with Gasteiger partial charge in [0.15, 0.2) is 5.82 Å². The molecule has 0 saturated carbocycles. The van der Waals surface area contributed by atoms with Crippen LogP contribution in [0.3, 0.4) is 0 Å². The first-order chi connectivity index (χ1) is 13.8. The summed E-state index contributed by atoms with van der Waals surface area (Å²) in [5, 5.41) is 17.2. The number of sulfonamides is 1. The minimum atomic E-state index is -4.01. The van der Waals surface area contributed by atoms with Gasteiger partial charge in [-0.25, -0.2) is 13.2 Å². The molecule has 0 aliphatic heterocycles. The van der Waals surface area contributed by atoms with Gasteiger partial charge in [0.25, 0.3) is 10.0 Å². The largest absolute Gasteiger partial charge is 0.486 e. The molecule has 3 rings (SSSR count). The van der Waals surface area contributed by atoms with Gasteiger partial charge in [-0.3, -0.25) is 4.72 Å². The van der Waals surface area contributed by atoms with E-state index in [9.17, 15) is 18.3 Å². The van der Waals surface area contributed by atoms with Gasteiger partial charge in [-0.2, -0.15) is 0 Å². The van der Waals surface area contributed by atoms with Crippen molar-refractivity contribution in [2.75, 3.05) is 4.72 Å². The van der Waals surface area contributed by atoms with Gasteiger partial charge in [-0.15, -0.1) is 10.2 Å². The summed E-state index contributed by atoms with van der Waals surface area (Å²) >= 11 is 5.79. The van der Waals surface area contributed by atoms with Crippen molar-refractivity contribution < 1.29 is 23.1 Å². The third-order valence-electron chi connectivity index (χ3n) is 3.99. The third kappa shape index (κ3) is 4.84. The fraction of sp³-hybridized carbons (Fsp3) is 0.167. The predicted octanol–water partition coefficient (Wildman–Crippen LogP) is 3.03. The molecule has 0 spiro atoms. The number of carbonyl (C=O) groups is 1. The van der Waals surface area contributed by atoms with E-state index in [1.807, 2.05) is 11.5 Å². The maximum atomic E-state index is 12.6. The van der Waals surface area contributed by atoms with Crippen LogP contribution in [0.15, 0.2) is 53.7 Å². The van der Waals surface area contributed by atoms with Crippen molar-refractivity contribution in [2.45, 2.75) is 25.0 Å². The van der Waals surface area contributed by atoms with Crippen molar-refractivity contribution in [2.24, 2.45) is 0 Å². The number of hydrogen-bond acceptors (Lipinski definition) is 6. The summed E-state index contributed by atoms with van der Waals surface area (Å²) in [6.07, 6.45) is 1.60. The molecule has 0 bridgehead atoms. The highest BCUT2D eigenvalue weighted by molar-refractivity contribution is 7.92. The first-order valence-electron chi connectivity index (χ1n) is 8.45. The smallest absolute Gasteiger partial charge is 0.337 e. The van der Waals surface area contributed by atoms with Crippen LogP contribution in [0, 0.1) is 0 Å². The Hall–Kier alpha value is -3.11. The molecule has 2 aromatic carbocycles. The summed E-state index contributed by atoms with van der Waals surface area (Å²) in [5.41, 5.74) is -0.331. The number of aryl methyl sites for hydroxylation is 1. The standard InChI is InChI=1S/C18H17ClN4O5S/c1-2-23-11-20-21-17(23)10-28-13-4-6-14(7-5-13)29(26,27)22-16-8-3-12(19)9-15(16)18(24)25/h3-9,11,22H,2,10H2,1H3,(H,24,25). The van der Waals surface area contributed by atoms with Gasteiger partial charge in [0.2, 0.25) is 0 Å². The molecule has 0 unspecified atom stereocenters. The van der Waals surface area contributed by atoms with Gasteiger partial charge >= 0.3 is 5.97 Å². The van der Waals surface area contributed by atoms with Crippen molar-refractivity contribution in [3.8, 4) is 5.75 Å². The minimum absolute atomic E-state index is 0.0483. The highest BCUT2D eigenvalue weighted by Gasteiger charge is 2.19. The average molecular weight is 437 g/mol. The van der Waals surface area contributed by atoms with Crippen LogP contribution in [0.1, 0.15) is 23.1 Å². The number of carboxylic acids is 1. The summed E-state index contributed by atoms with van der Waals surface area (Å²) in [4.78, 5) is 11.3. The average Bonchev–Trinajstić information content (AvgIpc) is 3.15. The predicted molar refractivity (Wildman–Crippen MR) is 106 cm³/mol. The van der Waals surface area contributed by atoms with E-state index < -0.39 is 16.0 Å². The minimum Gasteiger partial charge on any atom is -0.486 e. The molecule has 152 valence electrons. The highest BCUT2D eigenvalue weighted by Crippen LogP contribution is 2.25. The van der Waals surface area contributed by atoms with Crippen LogP contribution in [0.5, 0.6) is 5.75 Å². The van der Waals surface area contributed by atoms with Crippen LogP contribution in [0.4, 0.5) is 5.69 Å². The monoisotopic (exact) mass is 436 g/mol. The Morgan fingerprint density at radius 1 is 1.24 bits per heavy atom. The molecule has 29 heavy (non-hydrogen) atoms. The Bertz CT molecular complexity index is 1130. The Balaban J connectivity index is 1.74. The number of rotatable bonds is 8. The zero-order chi connectivity index (χ0) is 21.0. The summed E-state index contributed by atoms with van der Waals surface area (Å²) in [6, 6.07) is 9.59. The first kappa shape index (κ1) is 20.6. The lowest BCUT2D eigenvalue weighted by atomic mass is 10.2. The van der Waals surface area contributed by atoms with E-state index in [0.29, 0.717) is 18.1 Å². The Labute approximate surface area is 172 Å². The summed E-state index contributed by atoms with van der Waals surface area (Å²) in [5.74, 6) is -0.198. The fourth-order valence-electron chi connectivity index (χ4n) is 2.50. The maximum absolute atomic E-state index is 12.6. The second kappa shape index (κ2) is 8.50. The van der Waals surface area contributed by atoms with E-state index in [0.717, 1.165) is 0 Å². The molecule has 11 heteroatoms. The molecule has 2 N–H and O–H groups in total. The van der Waals surface area contributed by atoms with Gasteiger partial charge in [0.05, 0.1) is 16.1 Å². The molecule has 0 aliphatic carbocycles. The topological polar surface area (TPSA) is 123 Å². The molecule has 0 radical (unpaired) electrons. The number of aromatic nitrogens is 3. The van der Waals surface area contributed by atoms with Gasteiger partial charge in [-0.05, 0) is 49.4 Å². The number of aromatic carboxylic acids is 1. The molecule has 3 aromatic rings. The van der Waals surface area contributed by atoms with Crippen molar-refractivity contribution in [1.82, 2.24) is 14.8 Å². The van der Waals surface area contributed by atoms with Crippen LogP contribution in [-0.2, 0) is 23.2 Å². The molecular formula is C18H17ClN4O5S. The van der Waals surface area contributed by atoms with E-state index in [-0.39, 0.29) is 27.8 Å². The highest BCUT2D eigenvalue weighted by atomic mass is 35.5. The van der Waals surface area contributed by atoms with Crippen molar-refractivity contribution in [3.63, 3.8) is 0 Å². The number of nitrogens with one attached hydrogen (secondary N) is 1. The summed E-state index contributed by atoms with van der Waals surface area (Å²) in [7, 11) is -4.01. The number of ether oxygens (including phenoxy) is 1. The lowest BCUT2D eigenvalue weighted by Gasteiger charge is -2.12. The third-order valence-corrected chi connectivity index (χ3v) is 5.61. The lowest BCUT2D eigenvalue weighted by Crippen LogP contribution is -2.15. The van der Waals surface area contributed by atoms with Crippen LogP contribution in [0.25, 0.3) is 0 Å². The Morgan fingerprint density at radius 3 is 2.62 bits per heavy atom. The second-order valence-corrected chi connectivity index (χ2v) is 8.01. The van der Waals surface area contributed by atoms with E-state index in [1.165, 1.54) is 42.5 Å². The van der Waals surface area contributed by atoms with Crippen LogP contribution < -0.4 is 9.46 Å². The number of nitrogens with zero attached hydrogens (tertiary/aromatic N) is 3. The van der Waals surface area contributed by atoms with Crippen molar-refractivity contribution >= 4 is 33.3 Å². The molecule has 0 fully saturated rings. The first-order valence-corrected chi connectivity index (χ1v) is 10.3. The van der Waals surface area contributed by atoms with Crippen molar-refractivity contribution in [3.05, 3.63) is 65.2 Å². The van der Waals surface area contributed by atoms with Gasteiger partial charge in [0, 0.05) is 11.6 Å². The molecule has 0 atom stereocenters. The van der Waals surface area contributed by atoms with Gasteiger partial charge in [0.1, 0.15) is 18.7 Å². The van der Waals surface area contributed by atoms with Crippen LogP contribution >= 0.6 is 11.6 Å². The van der Waals surface area contributed by atoms with Gasteiger partial charge in [-0.1, -0.05) is 11.6 Å². The maximum Gasteiger partial charge on any atom is 0.337 e. The molecule has 1 aromatic heterocycles. The van der Waals surface area contributed by atoms with E-state index in [4.69, 9.17) is 16.3 Å². The molecule has 0 amide bonds. The molecule has 1 heterocycles. The quantitative estimate of drug-likeness (QED) is 0.556. The molecule has 0 aliphatic rings. The zero-order valence-electron chi connectivity index (χ0n) is 15.2. The van der Waals surface area contributed by atoms with Gasteiger partial charge < -0.3 is 14.4 Å². The molecular weight excluding hydrogens is 420 g/mol. The lowest BCUT2D eigenvalue weighted by molar-refractivity contribution is 0.0698. The number of carboxylic acid groups (broad SMARTS) is 1. The van der Waals surface area contributed by atoms with E-state index >= 15 is 0 Å². The number of anilines is 1. The molecule has 9 nitrogen and oxygen atoms in total. The summed E-state index contributed by atoms with van der Waals surface area (Å²) < 4.78 is 34.9. The molecule has 0 saturated heterocycles. The SMILES string of the molecule is CCn1cnnc1COc1ccc(S(=O)(=O)Nc2ccc(Cl)cc2C(=O)O)cc1. The van der Waals surface area contributed by atoms with E-state index in [2.05, 4.69) is 14.9 Å². The van der Waals surface area contributed by atoms with Crippen molar-refractivity contribution in [1.29, 1.82) is 0 Å². The Morgan fingerprint density at radius 2 is 1.97 bits per heavy atom. The Kier molecular flexibility index (Phi) is 6.04. The number of halogens is 1. The van der Waals surface area contributed by atoms with Crippen LogP contribution in [-0.4, -0.2) is 34.3 Å². The fourth-order valence-corrected chi connectivity index (χ4v) is 3.76. The summed E-state index contributed by atoms with van der Waals surface area (Å²) in [6.45, 7) is 2.85. The zero-order valence-corrected chi connectivity index (χ0v) is 16.8. The van der Waals surface area contributed by atoms with Crippen LogP contribution in [0.2, 0.25) is 5.02 Å². The van der Waals surface area contributed by atoms with E-state index in [1.54, 1.807) is 6.33 Å². The second-order valence-electron chi connectivity index (χ2n) is 5.89. The normalized spacial score (nSPS) is 11.2. The number of hydrogen-bond donors (Lipinski definition) is 2. The number of benzene rings is 2.